The van der Waals surface area contributed by atoms with Gasteiger partial charge in [0, 0.05) is 12.8 Å². The minimum absolute atomic E-state index is 0.0153. The van der Waals surface area contributed by atoms with Crippen molar-refractivity contribution in [3.8, 4) is 0 Å². The lowest BCUT2D eigenvalue weighted by Crippen LogP contribution is -2.47. The fourth-order valence-electron chi connectivity index (χ4n) is 3.32. The molecule has 6 nitrogen and oxygen atoms in total. The van der Waals surface area contributed by atoms with Gasteiger partial charge in [-0.25, -0.2) is 0 Å². The summed E-state index contributed by atoms with van der Waals surface area (Å²) in [7, 11) is 0. The second-order valence-electron chi connectivity index (χ2n) is 7.73. The lowest BCUT2D eigenvalue weighted by Gasteiger charge is -2.22. The molecule has 0 saturated carbocycles. The van der Waals surface area contributed by atoms with E-state index in [2.05, 4.69) is 12.2 Å². The van der Waals surface area contributed by atoms with Crippen LogP contribution in [0.15, 0.2) is 0 Å². The first-order valence-corrected chi connectivity index (χ1v) is 11.2. The molecule has 2 unspecified atom stereocenters. The van der Waals surface area contributed by atoms with Crippen LogP contribution in [0.3, 0.4) is 0 Å². The number of rotatable bonds is 20. The van der Waals surface area contributed by atoms with Gasteiger partial charge >= 0.3 is 11.9 Å². The highest BCUT2D eigenvalue weighted by Crippen LogP contribution is 2.13. The summed E-state index contributed by atoms with van der Waals surface area (Å²) in [5, 5.41) is 21.0. The second-order valence-corrected chi connectivity index (χ2v) is 7.73. The van der Waals surface area contributed by atoms with E-state index in [1.165, 1.54) is 38.5 Å². The highest BCUT2D eigenvalue weighted by Gasteiger charge is 2.25. The molecule has 0 aliphatic rings. The monoisotopic (exact) mass is 399 g/mol. The number of carboxylic acid groups (broad SMARTS) is 2. The van der Waals surface area contributed by atoms with Crippen LogP contribution in [0.5, 0.6) is 0 Å². The Balaban J connectivity index is 4.29. The number of Topliss-reactive ketones (excluding diaryl/α,β-unsaturated/α-hetero) is 1. The van der Waals surface area contributed by atoms with Crippen LogP contribution >= 0.6 is 0 Å². The largest absolute Gasteiger partial charge is 0.481 e. The van der Waals surface area contributed by atoms with Crippen LogP contribution in [0.2, 0.25) is 0 Å². The van der Waals surface area contributed by atoms with Gasteiger partial charge < -0.3 is 10.2 Å². The first-order valence-electron chi connectivity index (χ1n) is 11.2. The van der Waals surface area contributed by atoms with Crippen molar-refractivity contribution in [2.24, 2.45) is 0 Å². The van der Waals surface area contributed by atoms with Crippen LogP contribution in [0.4, 0.5) is 0 Å². The molecule has 6 heteroatoms. The molecule has 0 radical (unpaired) electrons. The van der Waals surface area contributed by atoms with E-state index in [0.717, 1.165) is 32.1 Å². The molecular weight excluding hydrogens is 358 g/mol. The number of hydrogen-bond donors (Lipinski definition) is 3. The van der Waals surface area contributed by atoms with E-state index in [1.54, 1.807) is 0 Å². The summed E-state index contributed by atoms with van der Waals surface area (Å²) in [5.41, 5.74) is 0. The zero-order valence-corrected chi connectivity index (χ0v) is 17.9. The normalized spacial score (nSPS) is 13.2. The molecule has 0 saturated heterocycles. The van der Waals surface area contributed by atoms with Gasteiger partial charge in [0.15, 0.2) is 0 Å². The lowest BCUT2D eigenvalue weighted by molar-refractivity contribution is -0.141. The van der Waals surface area contributed by atoms with Crippen molar-refractivity contribution in [3.63, 3.8) is 0 Å². The van der Waals surface area contributed by atoms with Gasteiger partial charge in [0.1, 0.15) is 11.8 Å². The SMILES string of the molecule is CCCCCCCCCCCC(=O)C(CCCC)NC(CCC(=O)O)C(=O)O. The van der Waals surface area contributed by atoms with Crippen molar-refractivity contribution in [3.05, 3.63) is 0 Å². The third-order valence-electron chi connectivity index (χ3n) is 5.11. The van der Waals surface area contributed by atoms with Crippen LogP contribution in [-0.4, -0.2) is 40.0 Å². The van der Waals surface area contributed by atoms with Crippen LogP contribution in [0.25, 0.3) is 0 Å². The average Bonchev–Trinajstić information content (AvgIpc) is 2.65. The molecule has 0 aromatic rings. The molecule has 0 rings (SSSR count). The van der Waals surface area contributed by atoms with Crippen LogP contribution in [0.1, 0.15) is 110 Å². The Morgan fingerprint density at radius 3 is 1.71 bits per heavy atom. The van der Waals surface area contributed by atoms with Gasteiger partial charge in [-0.2, -0.15) is 0 Å². The Hall–Kier alpha value is -1.43. The van der Waals surface area contributed by atoms with Gasteiger partial charge in [0.05, 0.1) is 6.04 Å². The van der Waals surface area contributed by atoms with Crippen LogP contribution < -0.4 is 5.32 Å². The predicted octanol–water partition coefficient (Wildman–Crippen LogP) is 4.94. The summed E-state index contributed by atoms with van der Waals surface area (Å²) in [5.74, 6) is -2.07. The Kier molecular flexibility index (Phi) is 16.8. The topological polar surface area (TPSA) is 104 Å². The summed E-state index contributed by atoms with van der Waals surface area (Å²) in [4.78, 5) is 34.7. The van der Waals surface area contributed by atoms with Crippen molar-refractivity contribution in [2.45, 2.75) is 122 Å². The summed E-state index contributed by atoms with van der Waals surface area (Å²) in [6.45, 7) is 4.24. The maximum Gasteiger partial charge on any atom is 0.320 e. The average molecular weight is 400 g/mol. The second kappa shape index (κ2) is 17.7. The van der Waals surface area contributed by atoms with Crippen molar-refractivity contribution in [2.75, 3.05) is 0 Å². The van der Waals surface area contributed by atoms with E-state index in [4.69, 9.17) is 5.11 Å². The number of unbranched alkanes of at least 4 members (excludes halogenated alkanes) is 9. The molecule has 0 heterocycles. The van der Waals surface area contributed by atoms with E-state index < -0.39 is 24.0 Å². The summed E-state index contributed by atoms with van der Waals surface area (Å²) in [6, 6.07) is -1.49. The third-order valence-corrected chi connectivity index (χ3v) is 5.11. The summed E-state index contributed by atoms with van der Waals surface area (Å²) in [6.07, 6.45) is 13.2. The molecule has 0 aromatic heterocycles. The minimum Gasteiger partial charge on any atom is -0.481 e. The maximum atomic E-state index is 12.6. The van der Waals surface area contributed by atoms with Gasteiger partial charge in [-0.15, -0.1) is 0 Å². The zero-order valence-electron chi connectivity index (χ0n) is 17.9. The van der Waals surface area contributed by atoms with Gasteiger partial charge in [-0.3, -0.25) is 19.7 Å². The first-order chi connectivity index (χ1) is 13.4. The van der Waals surface area contributed by atoms with E-state index >= 15 is 0 Å². The van der Waals surface area contributed by atoms with E-state index in [1.807, 2.05) is 6.92 Å². The van der Waals surface area contributed by atoms with Gasteiger partial charge in [-0.05, 0) is 19.3 Å². The van der Waals surface area contributed by atoms with Gasteiger partial charge in [0.2, 0.25) is 0 Å². The summed E-state index contributed by atoms with van der Waals surface area (Å²) < 4.78 is 0. The molecule has 0 aliphatic heterocycles. The molecule has 2 atom stereocenters. The predicted molar refractivity (Wildman–Crippen MR) is 112 cm³/mol. The van der Waals surface area contributed by atoms with E-state index in [0.29, 0.717) is 12.8 Å². The number of carboxylic acids is 2. The third kappa shape index (κ3) is 14.6. The fourth-order valence-corrected chi connectivity index (χ4v) is 3.32. The van der Waals surface area contributed by atoms with Crippen molar-refractivity contribution >= 4 is 17.7 Å². The molecule has 28 heavy (non-hydrogen) atoms. The molecule has 164 valence electrons. The molecule has 0 spiro atoms. The number of ketones is 1. The van der Waals surface area contributed by atoms with Gasteiger partial charge in [-0.1, -0.05) is 78.1 Å². The molecule has 0 amide bonds. The highest BCUT2D eigenvalue weighted by molar-refractivity contribution is 5.85. The number of aliphatic carboxylic acids is 2. The van der Waals surface area contributed by atoms with E-state index in [9.17, 15) is 19.5 Å². The van der Waals surface area contributed by atoms with Gasteiger partial charge in [0.25, 0.3) is 0 Å². The number of carbonyl (C=O) groups excluding carboxylic acids is 1. The first kappa shape index (κ1) is 26.6. The van der Waals surface area contributed by atoms with Crippen LogP contribution in [-0.2, 0) is 14.4 Å². The Bertz CT molecular complexity index is 439. The molecular formula is C22H41NO5. The zero-order chi connectivity index (χ0) is 21.2. The molecule has 0 aliphatic carbocycles. The van der Waals surface area contributed by atoms with Crippen LogP contribution in [0, 0.1) is 0 Å². The number of hydrogen-bond acceptors (Lipinski definition) is 4. The molecule has 0 fully saturated rings. The molecule has 3 N–H and O–H groups in total. The lowest BCUT2D eigenvalue weighted by atomic mass is 9.98. The quantitative estimate of drug-likeness (QED) is 0.250. The van der Waals surface area contributed by atoms with Crippen molar-refractivity contribution in [1.82, 2.24) is 5.32 Å². The maximum absolute atomic E-state index is 12.6. The van der Waals surface area contributed by atoms with E-state index in [-0.39, 0.29) is 18.6 Å². The molecule has 0 aromatic carbocycles. The van der Waals surface area contributed by atoms with Crippen molar-refractivity contribution < 1.29 is 24.6 Å². The number of nitrogens with one attached hydrogen (secondary N) is 1. The Morgan fingerprint density at radius 1 is 0.679 bits per heavy atom. The smallest absolute Gasteiger partial charge is 0.320 e. The minimum atomic E-state index is -1.10. The van der Waals surface area contributed by atoms with Crippen molar-refractivity contribution in [1.29, 1.82) is 0 Å². The Morgan fingerprint density at radius 2 is 1.21 bits per heavy atom. The molecule has 0 bridgehead atoms. The number of carbonyl (C=O) groups is 3. The Labute approximate surface area is 170 Å². The highest BCUT2D eigenvalue weighted by atomic mass is 16.4. The summed E-state index contributed by atoms with van der Waals surface area (Å²) >= 11 is 0. The standard InChI is InChI=1S/C22H41NO5/c1-3-5-7-8-9-10-11-12-13-15-20(24)18(14-6-4-2)23-19(22(27)28)16-17-21(25)26/h18-19,23H,3-17H2,1-2H3,(H,25,26)(H,27,28). The fraction of sp³-hybridized carbons (Fsp3) is 0.864.